The van der Waals surface area contributed by atoms with Crippen LogP contribution in [0.25, 0.3) is 0 Å². The zero-order valence-electron chi connectivity index (χ0n) is 11.8. The minimum Gasteiger partial charge on any atom is -0.351 e. The van der Waals surface area contributed by atoms with Crippen molar-refractivity contribution in [2.24, 2.45) is 0 Å². The van der Waals surface area contributed by atoms with Crippen molar-refractivity contribution in [1.29, 1.82) is 0 Å². The molecular weight excluding hydrogens is 302 g/mol. The second-order valence-electron chi connectivity index (χ2n) is 5.69. The molecule has 1 aliphatic rings. The molecule has 1 fully saturated rings. The van der Waals surface area contributed by atoms with Gasteiger partial charge in [-0.25, -0.2) is 0 Å². The summed E-state index contributed by atoms with van der Waals surface area (Å²) in [6.45, 7) is 0.713. The zero-order chi connectivity index (χ0) is 14.7. The molecule has 1 N–H and O–H groups in total. The molecule has 21 heavy (non-hydrogen) atoms. The maximum absolute atomic E-state index is 12.3. The zero-order valence-corrected chi connectivity index (χ0v) is 13.3. The Labute approximate surface area is 134 Å². The Balaban J connectivity index is 1.70. The van der Waals surface area contributed by atoms with Gasteiger partial charge in [-0.2, -0.15) is 11.3 Å². The molecule has 0 unspecified atom stereocenters. The number of benzene rings is 1. The van der Waals surface area contributed by atoms with Crippen LogP contribution in [0.4, 0.5) is 0 Å². The maximum Gasteiger partial charge on any atom is 0.251 e. The lowest BCUT2D eigenvalue weighted by molar-refractivity contribution is 0.0943. The van der Waals surface area contributed by atoms with E-state index in [2.05, 4.69) is 22.1 Å². The SMILES string of the molecule is O=C(NCC1(c2ccsc2)CCCC1)c1ccc(Cl)cc1. The molecule has 4 heteroatoms. The first-order chi connectivity index (χ1) is 10.2. The summed E-state index contributed by atoms with van der Waals surface area (Å²) in [5.41, 5.74) is 2.17. The van der Waals surface area contributed by atoms with Crippen LogP contribution in [0, 0.1) is 0 Å². The molecule has 0 saturated heterocycles. The topological polar surface area (TPSA) is 29.1 Å². The first-order valence-electron chi connectivity index (χ1n) is 7.26. The van der Waals surface area contributed by atoms with Crippen LogP contribution in [-0.4, -0.2) is 12.5 Å². The van der Waals surface area contributed by atoms with Crippen LogP contribution < -0.4 is 5.32 Å². The summed E-state index contributed by atoms with van der Waals surface area (Å²) in [5, 5.41) is 8.11. The number of halogens is 1. The lowest BCUT2D eigenvalue weighted by atomic mass is 9.80. The highest BCUT2D eigenvalue weighted by molar-refractivity contribution is 7.08. The third-order valence-electron chi connectivity index (χ3n) is 4.39. The molecular formula is C17H18ClNOS. The second kappa shape index (κ2) is 6.20. The Hall–Kier alpha value is -1.32. The number of hydrogen-bond donors (Lipinski definition) is 1. The molecule has 0 aliphatic heterocycles. The van der Waals surface area contributed by atoms with E-state index in [9.17, 15) is 4.79 Å². The summed E-state index contributed by atoms with van der Waals surface area (Å²) in [6, 6.07) is 9.24. The maximum atomic E-state index is 12.3. The molecule has 1 aromatic carbocycles. The predicted octanol–water partition coefficient (Wildman–Crippen LogP) is 4.64. The smallest absolute Gasteiger partial charge is 0.251 e. The van der Waals surface area contributed by atoms with E-state index in [0.29, 0.717) is 17.1 Å². The van der Waals surface area contributed by atoms with Gasteiger partial charge in [-0.05, 0) is 59.5 Å². The summed E-state index contributed by atoms with van der Waals surface area (Å²) >= 11 is 7.59. The third-order valence-corrected chi connectivity index (χ3v) is 5.32. The fraction of sp³-hybridized carbons (Fsp3) is 0.353. The summed E-state index contributed by atoms with van der Waals surface area (Å²) < 4.78 is 0. The van der Waals surface area contributed by atoms with Crippen LogP contribution in [0.1, 0.15) is 41.6 Å². The molecule has 0 radical (unpaired) electrons. The highest BCUT2D eigenvalue weighted by Gasteiger charge is 2.36. The second-order valence-corrected chi connectivity index (χ2v) is 6.91. The molecule has 1 heterocycles. The monoisotopic (exact) mass is 319 g/mol. The highest BCUT2D eigenvalue weighted by atomic mass is 35.5. The number of rotatable bonds is 4. The third kappa shape index (κ3) is 3.14. The molecule has 0 spiro atoms. The van der Waals surface area contributed by atoms with Gasteiger partial charge in [-0.3, -0.25) is 4.79 Å². The molecule has 0 atom stereocenters. The van der Waals surface area contributed by atoms with Gasteiger partial charge in [0, 0.05) is 22.5 Å². The van der Waals surface area contributed by atoms with Gasteiger partial charge in [0.15, 0.2) is 0 Å². The van der Waals surface area contributed by atoms with Crippen LogP contribution in [0.3, 0.4) is 0 Å². The number of thiophene rings is 1. The number of nitrogens with one attached hydrogen (secondary N) is 1. The van der Waals surface area contributed by atoms with Crippen molar-refractivity contribution in [1.82, 2.24) is 5.32 Å². The lowest BCUT2D eigenvalue weighted by Gasteiger charge is -2.28. The number of hydrogen-bond acceptors (Lipinski definition) is 2. The molecule has 2 nitrogen and oxygen atoms in total. The molecule has 1 aliphatic carbocycles. The minimum atomic E-state index is -0.0202. The first kappa shape index (κ1) is 14.6. The summed E-state index contributed by atoms with van der Waals surface area (Å²) in [6.07, 6.45) is 4.80. The van der Waals surface area contributed by atoms with Crippen LogP contribution in [0.5, 0.6) is 0 Å². The number of amides is 1. The van der Waals surface area contributed by atoms with Crippen molar-refractivity contribution >= 4 is 28.8 Å². The van der Waals surface area contributed by atoms with Crippen molar-refractivity contribution in [3.8, 4) is 0 Å². The summed E-state index contributed by atoms with van der Waals surface area (Å²) in [7, 11) is 0. The number of carbonyl (C=O) groups excluding carboxylic acids is 1. The van der Waals surface area contributed by atoms with E-state index in [1.165, 1.54) is 18.4 Å². The summed E-state index contributed by atoms with van der Waals surface area (Å²) in [4.78, 5) is 12.3. The Kier molecular flexibility index (Phi) is 4.32. The first-order valence-corrected chi connectivity index (χ1v) is 8.58. The van der Waals surface area contributed by atoms with E-state index in [1.807, 2.05) is 0 Å². The van der Waals surface area contributed by atoms with Gasteiger partial charge >= 0.3 is 0 Å². The average Bonchev–Trinajstić information content (AvgIpc) is 3.17. The van der Waals surface area contributed by atoms with E-state index >= 15 is 0 Å². The lowest BCUT2D eigenvalue weighted by Crippen LogP contribution is -2.38. The predicted molar refractivity (Wildman–Crippen MR) is 88.3 cm³/mol. The van der Waals surface area contributed by atoms with Gasteiger partial charge in [0.2, 0.25) is 0 Å². The van der Waals surface area contributed by atoms with Crippen molar-refractivity contribution < 1.29 is 4.79 Å². The molecule has 2 aromatic rings. The van der Waals surface area contributed by atoms with Crippen LogP contribution in [0.2, 0.25) is 5.02 Å². The van der Waals surface area contributed by atoms with Crippen LogP contribution >= 0.6 is 22.9 Å². The Bertz CT molecular complexity index is 600. The largest absolute Gasteiger partial charge is 0.351 e. The van der Waals surface area contributed by atoms with E-state index < -0.39 is 0 Å². The average molecular weight is 320 g/mol. The van der Waals surface area contributed by atoms with E-state index in [0.717, 1.165) is 12.8 Å². The van der Waals surface area contributed by atoms with E-state index in [-0.39, 0.29) is 11.3 Å². The quantitative estimate of drug-likeness (QED) is 0.873. The van der Waals surface area contributed by atoms with Crippen molar-refractivity contribution in [3.05, 3.63) is 57.2 Å². The minimum absolute atomic E-state index is 0.0202. The Morgan fingerprint density at radius 3 is 2.52 bits per heavy atom. The summed E-state index contributed by atoms with van der Waals surface area (Å²) in [5.74, 6) is -0.0202. The normalized spacial score (nSPS) is 16.8. The van der Waals surface area contributed by atoms with Gasteiger partial charge < -0.3 is 5.32 Å². The number of carbonyl (C=O) groups is 1. The van der Waals surface area contributed by atoms with Gasteiger partial charge in [0.25, 0.3) is 5.91 Å². The Morgan fingerprint density at radius 2 is 1.90 bits per heavy atom. The fourth-order valence-corrected chi connectivity index (χ4v) is 4.04. The van der Waals surface area contributed by atoms with Crippen molar-refractivity contribution in [3.63, 3.8) is 0 Å². The molecule has 1 saturated carbocycles. The van der Waals surface area contributed by atoms with Crippen LogP contribution in [0.15, 0.2) is 41.1 Å². The molecule has 1 amide bonds. The van der Waals surface area contributed by atoms with E-state index in [1.54, 1.807) is 35.6 Å². The van der Waals surface area contributed by atoms with Gasteiger partial charge in [-0.1, -0.05) is 24.4 Å². The van der Waals surface area contributed by atoms with E-state index in [4.69, 9.17) is 11.6 Å². The molecule has 3 rings (SSSR count). The molecule has 1 aromatic heterocycles. The van der Waals surface area contributed by atoms with Crippen molar-refractivity contribution in [2.75, 3.05) is 6.54 Å². The fourth-order valence-electron chi connectivity index (χ4n) is 3.14. The standard InChI is InChI=1S/C17H18ClNOS/c18-15-5-3-13(4-6-15)16(20)19-12-17(8-1-2-9-17)14-7-10-21-11-14/h3-7,10-11H,1-2,8-9,12H2,(H,19,20). The Morgan fingerprint density at radius 1 is 1.19 bits per heavy atom. The molecule has 110 valence electrons. The van der Waals surface area contributed by atoms with Crippen molar-refractivity contribution in [2.45, 2.75) is 31.1 Å². The van der Waals surface area contributed by atoms with Gasteiger partial charge in [0.05, 0.1) is 0 Å². The molecule has 0 bridgehead atoms. The van der Waals surface area contributed by atoms with Gasteiger partial charge in [-0.15, -0.1) is 0 Å². The van der Waals surface area contributed by atoms with Gasteiger partial charge in [0.1, 0.15) is 0 Å². The highest BCUT2D eigenvalue weighted by Crippen LogP contribution is 2.41. The van der Waals surface area contributed by atoms with Crippen LogP contribution in [-0.2, 0) is 5.41 Å².